The van der Waals surface area contributed by atoms with Crippen LogP contribution in [0, 0.1) is 0 Å². The Morgan fingerprint density at radius 3 is 2.70 bits per heavy atom. The molecule has 0 atom stereocenters. The number of thiophene rings is 1. The Labute approximate surface area is 178 Å². The summed E-state index contributed by atoms with van der Waals surface area (Å²) in [5.41, 5.74) is 4.11. The van der Waals surface area contributed by atoms with Gasteiger partial charge in [0.05, 0.1) is 25.5 Å². The maximum atomic E-state index is 12.4. The van der Waals surface area contributed by atoms with E-state index in [4.69, 9.17) is 9.47 Å². The second kappa shape index (κ2) is 10.0. The fourth-order valence-corrected chi connectivity index (χ4v) is 4.49. The third kappa shape index (κ3) is 4.85. The molecule has 1 heterocycles. The number of ether oxygens (including phenoxy) is 2. The second-order valence-corrected chi connectivity index (χ2v) is 7.64. The van der Waals surface area contributed by atoms with Crippen LogP contribution in [0.4, 0.5) is 5.00 Å². The molecule has 2 aromatic rings. The lowest BCUT2D eigenvalue weighted by Gasteiger charge is -2.12. The lowest BCUT2D eigenvalue weighted by molar-refractivity contribution is -0.136. The molecule has 30 heavy (non-hydrogen) atoms. The molecule has 9 heteroatoms. The normalized spacial score (nSPS) is 12.9. The van der Waals surface area contributed by atoms with Crippen LogP contribution in [0.15, 0.2) is 29.4 Å². The Bertz CT molecular complexity index is 983. The lowest BCUT2D eigenvalue weighted by Crippen LogP contribution is -2.32. The topological polar surface area (TPSA) is 106 Å². The molecule has 0 unspecified atom stereocenters. The van der Waals surface area contributed by atoms with Crippen LogP contribution in [0.25, 0.3) is 0 Å². The van der Waals surface area contributed by atoms with Crippen molar-refractivity contribution in [1.29, 1.82) is 0 Å². The van der Waals surface area contributed by atoms with Crippen LogP contribution >= 0.6 is 11.3 Å². The third-order valence-electron chi connectivity index (χ3n) is 4.59. The van der Waals surface area contributed by atoms with E-state index in [1.807, 2.05) is 6.07 Å². The van der Waals surface area contributed by atoms with Gasteiger partial charge in [-0.2, -0.15) is 5.10 Å². The summed E-state index contributed by atoms with van der Waals surface area (Å²) in [6, 6.07) is 7.12. The highest BCUT2D eigenvalue weighted by Crippen LogP contribution is 2.38. The standard InChI is InChI=1S/C21H23N3O5S/c1-3-29-21(27)17-14-9-5-7-11-16(14)30-20(17)23-18(25)19(26)24-22-12-13-8-4-6-10-15(13)28-2/h4,6,8,10,12H,3,5,7,9,11H2,1-2H3,(H,23,25)(H,24,26)/b22-12+. The zero-order valence-electron chi connectivity index (χ0n) is 16.8. The van der Waals surface area contributed by atoms with Gasteiger partial charge in [-0.15, -0.1) is 11.3 Å². The van der Waals surface area contributed by atoms with E-state index < -0.39 is 17.8 Å². The summed E-state index contributed by atoms with van der Waals surface area (Å²) in [4.78, 5) is 38.0. The fraction of sp³-hybridized carbons (Fsp3) is 0.333. The van der Waals surface area contributed by atoms with Crippen LogP contribution in [0.1, 0.15) is 46.1 Å². The first-order chi connectivity index (χ1) is 14.5. The van der Waals surface area contributed by atoms with Gasteiger partial charge in [0.15, 0.2) is 0 Å². The number of methoxy groups -OCH3 is 1. The minimum Gasteiger partial charge on any atom is -0.496 e. The van der Waals surface area contributed by atoms with Crippen LogP contribution in [0.3, 0.4) is 0 Å². The molecule has 2 N–H and O–H groups in total. The van der Waals surface area contributed by atoms with E-state index in [9.17, 15) is 14.4 Å². The van der Waals surface area contributed by atoms with E-state index in [0.29, 0.717) is 21.9 Å². The number of hydrogen-bond donors (Lipinski definition) is 2. The van der Waals surface area contributed by atoms with Crippen molar-refractivity contribution in [3.63, 3.8) is 0 Å². The number of para-hydroxylation sites is 1. The zero-order chi connectivity index (χ0) is 21.5. The summed E-state index contributed by atoms with van der Waals surface area (Å²) in [5.74, 6) is -1.75. The van der Waals surface area contributed by atoms with Crippen molar-refractivity contribution in [1.82, 2.24) is 5.43 Å². The number of benzene rings is 1. The molecule has 0 saturated heterocycles. The summed E-state index contributed by atoms with van der Waals surface area (Å²) < 4.78 is 10.4. The third-order valence-corrected chi connectivity index (χ3v) is 5.80. The number of hydrogen-bond acceptors (Lipinski definition) is 7. The molecule has 8 nitrogen and oxygen atoms in total. The van der Waals surface area contributed by atoms with E-state index in [0.717, 1.165) is 36.1 Å². The van der Waals surface area contributed by atoms with Crippen molar-refractivity contribution in [2.45, 2.75) is 32.6 Å². The number of carbonyl (C=O) groups excluding carboxylic acids is 3. The average Bonchev–Trinajstić information content (AvgIpc) is 3.12. The number of rotatable bonds is 6. The molecule has 1 aromatic heterocycles. The number of nitrogens with one attached hydrogen (secondary N) is 2. The van der Waals surface area contributed by atoms with Gasteiger partial charge in [0, 0.05) is 10.4 Å². The van der Waals surface area contributed by atoms with Crippen LogP contribution in [0.2, 0.25) is 0 Å². The molecular weight excluding hydrogens is 406 g/mol. The highest BCUT2D eigenvalue weighted by molar-refractivity contribution is 7.17. The molecule has 3 rings (SSSR count). The first kappa shape index (κ1) is 21.5. The van der Waals surface area contributed by atoms with Crippen molar-refractivity contribution in [2.75, 3.05) is 19.0 Å². The molecule has 158 valence electrons. The minimum atomic E-state index is -0.942. The Hall–Kier alpha value is -3.20. The zero-order valence-corrected chi connectivity index (χ0v) is 17.6. The number of esters is 1. The number of nitrogens with zero attached hydrogens (tertiary/aromatic N) is 1. The molecule has 0 radical (unpaired) electrons. The first-order valence-corrected chi connectivity index (χ1v) is 10.5. The number of anilines is 1. The first-order valence-electron chi connectivity index (χ1n) is 9.64. The second-order valence-electron chi connectivity index (χ2n) is 6.53. The van der Waals surface area contributed by atoms with Crippen molar-refractivity contribution in [3.8, 4) is 5.75 Å². The summed E-state index contributed by atoms with van der Waals surface area (Å²) in [5, 5.41) is 6.70. The van der Waals surface area contributed by atoms with Gasteiger partial charge in [-0.3, -0.25) is 9.59 Å². The molecular formula is C21H23N3O5S. The Kier molecular flexibility index (Phi) is 7.18. The lowest BCUT2D eigenvalue weighted by atomic mass is 9.95. The maximum absolute atomic E-state index is 12.4. The van der Waals surface area contributed by atoms with E-state index >= 15 is 0 Å². The van der Waals surface area contributed by atoms with Crippen LogP contribution < -0.4 is 15.5 Å². The summed E-state index contributed by atoms with van der Waals surface area (Å²) in [6.45, 7) is 1.96. The molecule has 0 saturated carbocycles. The molecule has 0 bridgehead atoms. The highest BCUT2D eigenvalue weighted by atomic mass is 32.1. The van der Waals surface area contributed by atoms with E-state index in [-0.39, 0.29) is 6.61 Å². The van der Waals surface area contributed by atoms with E-state index in [1.54, 1.807) is 25.1 Å². The highest BCUT2D eigenvalue weighted by Gasteiger charge is 2.28. The van der Waals surface area contributed by atoms with E-state index in [1.165, 1.54) is 24.7 Å². The van der Waals surface area contributed by atoms with Gasteiger partial charge in [0.25, 0.3) is 0 Å². The largest absolute Gasteiger partial charge is 0.496 e. The number of fused-ring (bicyclic) bond motifs is 1. The molecule has 1 aromatic carbocycles. The van der Waals surface area contributed by atoms with Crippen LogP contribution in [-0.4, -0.2) is 37.7 Å². The minimum absolute atomic E-state index is 0.231. The maximum Gasteiger partial charge on any atom is 0.341 e. The van der Waals surface area contributed by atoms with Gasteiger partial charge < -0.3 is 14.8 Å². The summed E-state index contributed by atoms with van der Waals surface area (Å²) in [6.07, 6.45) is 4.99. The monoisotopic (exact) mass is 429 g/mol. The van der Waals surface area contributed by atoms with Crippen molar-refractivity contribution >= 4 is 40.3 Å². The van der Waals surface area contributed by atoms with Gasteiger partial charge in [-0.05, 0) is 50.3 Å². The van der Waals surface area contributed by atoms with Gasteiger partial charge in [0.2, 0.25) is 0 Å². The van der Waals surface area contributed by atoms with E-state index in [2.05, 4.69) is 15.8 Å². The molecule has 1 aliphatic rings. The van der Waals surface area contributed by atoms with Gasteiger partial charge in [-0.1, -0.05) is 12.1 Å². The van der Waals surface area contributed by atoms with Gasteiger partial charge in [-0.25, -0.2) is 10.2 Å². The fourth-order valence-electron chi connectivity index (χ4n) is 3.22. The Balaban J connectivity index is 1.71. The average molecular weight is 429 g/mol. The number of amides is 2. The molecule has 0 fully saturated rings. The number of hydrazone groups is 1. The van der Waals surface area contributed by atoms with Crippen molar-refractivity contribution in [2.24, 2.45) is 5.10 Å². The SMILES string of the molecule is CCOC(=O)c1c(NC(=O)C(=O)N/N=C/c2ccccc2OC)sc2c1CCCC2. The number of carbonyl (C=O) groups is 3. The van der Waals surface area contributed by atoms with Gasteiger partial charge in [0.1, 0.15) is 10.8 Å². The predicted octanol–water partition coefficient (Wildman–Crippen LogP) is 2.90. The molecule has 2 amide bonds. The van der Waals surface area contributed by atoms with Crippen molar-refractivity contribution < 1.29 is 23.9 Å². The van der Waals surface area contributed by atoms with Gasteiger partial charge >= 0.3 is 17.8 Å². The van der Waals surface area contributed by atoms with Crippen molar-refractivity contribution in [3.05, 3.63) is 45.8 Å². The Morgan fingerprint density at radius 2 is 1.93 bits per heavy atom. The number of aryl methyl sites for hydroxylation is 1. The van der Waals surface area contributed by atoms with Crippen LogP contribution in [-0.2, 0) is 27.2 Å². The predicted molar refractivity (Wildman–Crippen MR) is 114 cm³/mol. The molecule has 0 spiro atoms. The smallest absolute Gasteiger partial charge is 0.341 e. The quantitative estimate of drug-likeness (QED) is 0.318. The molecule has 0 aliphatic heterocycles. The summed E-state index contributed by atoms with van der Waals surface area (Å²) in [7, 11) is 1.53. The molecule has 1 aliphatic carbocycles. The van der Waals surface area contributed by atoms with Crippen LogP contribution in [0.5, 0.6) is 5.75 Å². The summed E-state index contributed by atoms with van der Waals surface area (Å²) >= 11 is 1.32. The Morgan fingerprint density at radius 1 is 1.17 bits per heavy atom.